The predicted molar refractivity (Wildman–Crippen MR) is 138 cm³/mol. The molecule has 1 unspecified atom stereocenters. The lowest BCUT2D eigenvalue weighted by Crippen LogP contribution is -2.40. The van der Waals surface area contributed by atoms with E-state index in [9.17, 15) is 9.59 Å². The molecule has 1 aliphatic heterocycles. The van der Waals surface area contributed by atoms with Crippen molar-refractivity contribution in [2.75, 3.05) is 27.9 Å². The highest BCUT2D eigenvalue weighted by atomic mass is 32.1. The number of rotatable bonds is 7. The zero-order valence-corrected chi connectivity index (χ0v) is 21.9. The van der Waals surface area contributed by atoms with Crippen molar-refractivity contribution in [3.8, 4) is 17.2 Å². The van der Waals surface area contributed by atoms with E-state index >= 15 is 0 Å². The number of benzene rings is 2. The van der Waals surface area contributed by atoms with E-state index in [1.54, 1.807) is 53.4 Å². The average Bonchev–Trinajstić information content (AvgIpc) is 3.18. The number of allylic oxidation sites excluding steroid dienone is 1. The molecule has 0 radical (unpaired) electrons. The molecule has 0 fully saturated rings. The number of carbonyl (C=O) groups excluding carboxylic acids is 1. The van der Waals surface area contributed by atoms with Crippen LogP contribution in [0.25, 0.3) is 6.08 Å². The van der Waals surface area contributed by atoms with Gasteiger partial charge in [0.1, 0.15) is 23.3 Å². The maximum atomic E-state index is 13.8. The van der Waals surface area contributed by atoms with Crippen molar-refractivity contribution in [1.82, 2.24) is 4.57 Å². The highest BCUT2D eigenvalue weighted by Crippen LogP contribution is 2.37. The molecule has 0 N–H and O–H groups in total. The van der Waals surface area contributed by atoms with Gasteiger partial charge in [0.25, 0.3) is 5.56 Å². The minimum atomic E-state index is -0.801. The van der Waals surface area contributed by atoms with Gasteiger partial charge in [0.15, 0.2) is 4.80 Å². The average molecular weight is 509 g/mol. The van der Waals surface area contributed by atoms with Crippen molar-refractivity contribution in [2.24, 2.45) is 4.99 Å². The van der Waals surface area contributed by atoms with Gasteiger partial charge < -0.3 is 18.9 Å². The van der Waals surface area contributed by atoms with Gasteiger partial charge in [-0.05, 0) is 68.3 Å². The van der Waals surface area contributed by atoms with E-state index in [-0.39, 0.29) is 17.7 Å². The van der Waals surface area contributed by atoms with E-state index in [4.69, 9.17) is 18.9 Å². The fraction of sp³-hybridized carbons (Fsp3) is 0.296. The van der Waals surface area contributed by atoms with Gasteiger partial charge >= 0.3 is 5.97 Å². The van der Waals surface area contributed by atoms with Gasteiger partial charge in [-0.15, -0.1) is 0 Å². The zero-order valence-electron chi connectivity index (χ0n) is 21.1. The third kappa shape index (κ3) is 4.54. The first-order valence-electron chi connectivity index (χ1n) is 11.4. The van der Waals surface area contributed by atoms with E-state index in [0.29, 0.717) is 32.1 Å². The Hall–Kier alpha value is -3.85. The number of fused-ring (bicyclic) bond motifs is 1. The van der Waals surface area contributed by atoms with Gasteiger partial charge in [-0.3, -0.25) is 9.36 Å². The molecular weight excluding hydrogens is 480 g/mol. The largest absolute Gasteiger partial charge is 0.497 e. The number of esters is 1. The summed E-state index contributed by atoms with van der Waals surface area (Å²) in [7, 11) is 4.71. The molecule has 2 heterocycles. The molecule has 0 bridgehead atoms. The smallest absolute Gasteiger partial charge is 0.338 e. The number of methoxy groups -OCH3 is 3. The number of carbonyl (C=O) groups is 1. The number of aryl methyl sites for hydroxylation is 1. The Bertz CT molecular complexity index is 1530. The minimum Gasteiger partial charge on any atom is -0.497 e. The molecule has 0 saturated heterocycles. The molecule has 0 amide bonds. The molecule has 36 heavy (non-hydrogen) atoms. The number of ether oxygens (including phenoxy) is 4. The molecule has 1 aliphatic rings. The third-order valence-electron chi connectivity index (χ3n) is 6.01. The van der Waals surface area contributed by atoms with Crippen LogP contribution in [-0.4, -0.2) is 38.5 Å². The summed E-state index contributed by atoms with van der Waals surface area (Å²) in [5.41, 5.74) is 2.95. The first kappa shape index (κ1) is 25.2. The Kier molecular flexibility index (Phi) is 7.30. The van der Waals surface area contributed by atoms with Crippen LogP contribution >= 0.6 is 11.3 Å². The zero-order chi connectivity index (χ0) is 26.0. The maximum Gasteiger partial charge on any atom is 0.338 e. The van der Waals surface area contributed by atoms with E-state index in [1.807, 2.05) is 31.2 Å². The second-order valence-corrected chi connectivity index (χ2v) is 9.14. The van der Waals surface area contributed by atoms with Crippen molar-refractivity contribution >= 4 is 23.4 Å². The van der Waals surface area contributed by atoms with Crippen molar-refractivity contribution in [3.63, 3.8) is 0 Å². The number of hydrogen-bond donors (Lipinski definition) is 0. The van der Waals surface area contributed by atoms with Gasteiger partial charge in [-0.1, -0.05) is 17.4 Å². The molecule has 4 rings (SSSR count). The Morgan fingerprint density at radius 2 is 1.75 bits per heavy atom. The van der Waals surface area contributed by atoms with E-state index in [1.165, 1.54) is 15.9 Å². The summed E-state index contributed by atoms with van der Waals surface area (Å²) in [6, 6.07) is 10.2. The fourth-order valence-corrected chi connectivity index (χ4v) is 5.25. The van der Waals surface area contributed by atoms with E-state index in [0.717, 1.165) is 16.9 Å². The van der Waals surface area contributed by atoms with Crippen molar-refractivity contribution < 1.29 is 23.7 Å². The van der Waals surface area contributed by atoms with Crippen molar-refractivity contribution in [3.05, 3.63) is 84.0 Å². The van der Waals surface area contributed by atoms with E-state index in [2.05, 4.69) is 4.99 Å². The van der Waals surface area contributed by atoms with Gasteiger partial charge in [0, 0.05) is 5.56 Å². The molecule has 0 saturated carbocycles. The summed E-state index contributed by atoms with van der Waals surface area (Å²) in [6.07, 6.45) is 1.84. The monoisotopic (exact) mass is 508 g/mol. The Morgan fingerprint density at radius 3 is 2.39 bits per heavy atom. The van der Waals surface area contributed by atoms with Crippen molar-refractivity contribution in [1.29, 1.82) is 0 Å². The summed E-state index contributed by atoms with van der Waals surface area (Å²) >= 11 is 1.27. The highest BCUT2D eigenvalue weighted by molar-refractivity contribution is 7.07. The number of aromatic nitrogens is 1. The van der Waals surface area contributed by atoms with Gasteiger partial charge in [-0.25, -0.2) is 9.79 Å². The molecule has 1 aromatic heterocycles. The van der Waals surface area contributed by atoms with Crippen LogP contribution in [-0.2, 0) is 9.53 Å². The maximum absolute atomic E-state index is 13.8. The number of thiazole rings is 1. The topological polar surface area (TPSA) is 88.4 Å². The van der Waals surface area contributed by atoms with Crippen LogP contribution in [0.15, 0.2) is 57.5 Å². The summed E-state index contributed by atoms with van der Waals surface area (Å²) in [6.45, 7) is 5.63. The van der Waals surface area contributed by atoms with Crippen molar-refractivity contribution in [2.45, 2.75) is 26.8 Å². The van der Waals surface area contributed by atoms with Crippen LogP contribution in [0.1, 0.15) is 36.6 Å². The van der Waals surface area contributed by atoms with Crippen LogP contribution in [0.4, 0.5) is 0 Å². The molecule has 1 atom stereocenters. The normalized spacial score (nSPS) is 15.3. The lowest BCUT2D eigenvalue weighted by Gasteiger charge is -2.26. The lowest BCUT2D eigenvalue weighted by atomic mass is 9.94. The molecule has 3 aromatic rings. The van der Waals surface area contributed by atoms with Gasteiger partial charge in [0.2, 0.25) is 0 Å². The van der Waals surface area contributed by atoms with E-state index < -0.39 is 12.0 Å². The highest BCUT2D eigenvalue weighted by Gasteiger charge is 2.35. The predicted octanol–water partition coefficient (Wildman–Crippen LogP) is 3.13. The van der Waals surface area contributed by atoms with Crippen LogP contribution in [0.3, 0.4) is 0 Å². The second-order valence-electron chi connectivity index (χ2n) is 8.13. The van der Waals surface area contributed by atoms with Gasteiger partial charge in [0.05, 0.1) is 43.7 Å². The number of nitrogens with zero attached hydrogens (tertiary/aromatic N) is 2. The first-order chi connectivity index (χ1) is 17.3. The summed E-state index contributed by atoms with van der Waals surface area (Å²) in [5, 5.41) is 0. The van der Waals surface area contributed by atoms with Crippen LogP contribution in [0.5, 0.6) is 17.2 Å². The Morgan fingerprint density at radius 1 is 1.06 bits per heavy atom. The SMILES string of the molecule is CCOC(=O)C1=C(C)N=c2s/c(=C/c3ccc(OC)cc3C)c(=O)n2C1c1cc(OC)ccc1OC. The molecule has 9 heteroatoms. The molecule has 0 aliphatic carbocycles. The second kappa shape index (κ2) is 10.4. The van der Waals surface area contributed by atoms with Crippen LogP contribution < -0.4 is 29.1 Å². The molecule has 0 spiro atoms. The number of hydrogen-bond acceptors (Lipinski definition) is 8. The first-order valence-corrected chi connectivity index (χ1v) is 12.2. The Balaban J connectivity index is 2.00. The molecule has 8 nitrogen and oxygen atoms in total. The minimum absolute atomic E-state index is 0.193. The van der Waals surface area contributed by atoms with Gasteiger partial charge in [-0.2, -0.15) is 0 Å². The standard InChI is InChI=1S/C27H28N2O6S/c1-7-35-26(31)23-16(3)28-27-29(24(23)20-14-19(33-5)10-11-21(20)34-6)25(30)22(36-27)13-17-8-9-18(32-4)12-15(17)2/h8-14,24H,7H2,1-6H3/b22-13+. The fourth-order valence-electron chi connectivity index (χ4n) is 4.22. The summed E-state index contributed by atoms with van der Waals surface area (Å²) in [5.74, 6) is 1.29. The van der Waals surface area contributed by atoms with Crippen LogP contribution in [0.2, 0.25) is 0 Å². The lowest BCUT2D eigenvalue weighted by molar-refractivity contribution is -0.139. The molecule has 2 aromatic carbocycles. The molecular formula is C27H28N2O6S. The Labute approximate surface area is 212 Å². The summed E-state index contributed by atoms with van der Waals surface area (Å²) in [4.78, 5) is 32.1. The van der Waals surface area contributed by atoms with Crippen LogP contribution in [0, 0.1) is 6.92 Å². The third-order valence-corrected chi connectivity index (χ3v) is 6.99. The summed E-state index contributed by atoms with van der Waals surface area (Å²) < 4.78 is 23.8. The molecule has 188 valence electrons. The quantitative estimate of drug-likeness (QED) is 0.456.